The molecule has 0 aliphatic carbocycles. The Labute approximate surface area is 170 Å². The standard InChI is InChI=1S/C20H26ClFN4O2/c1-3-10-28-18-11-14(4-5-17(18)27-2)13-26-8-6-15(7-9-26)24-19-16(22)12-23-20(21)25-19/h4-5,11-12,15H,3,6-10,13H2,1-2H3,(H,23,24,25). The molecule has 152 valence electrons. The van der Waals surface area contributed by atoms with E-state index in [0.29, 0.717) is 6.61 Å². The molecule has 1 aromatic heterocycles. The minimum Gasteiger partial charge on any atom is -0.493 e. The van der Waals surface area contributed by atoms with Gasteiger partial charge in [-0.3, -0.25) is 4.90 Å². The van der Waals surface area contributed by atoms with Crippen LogP contribution in [0.1, 0.15) is 31.7 Å². The quantitative estimate of drug-likeness (QED) is 0.662. The van der Waals surface area contributed by atoms with E-state index in [9.17, 15) is 4.39 Å². The van der Waals surface area contributed by atoms with Gasteiger partial charge in [0.2, 0.25) is 5.28 Å². The molecule has 0 unspecified atom stereocenters. The van der Waals surface area contributed by atoms with E-state index in [4.69, 9.17) is 21.1 Å². The summed E-state index contributed by atoms with van der Waals surface area (Å²) in [4.78, 5) is 9.96. The van der Waals surface area contributed by atoms with Crippen molar-refractivity contribution in [3.05, 3.63) is 41.1 Å². The van der Waals surface area contributed by atoms with Crippen LogP contribution < -0.4 is 14.8 Å². The summed E-state index contributed by atoms with van der Waals surface area (Å²) in [5.74, 6) is 1.23. The van der Waals surface area contributed by atoms with Crippen LogP contribution in [-0.2, 0) is 6.54 Å². The van der Waals surface area contributed by atoms with Crippen LogP contribution in [0.15, 0.2) is 24.4 Å². The van der Waals surface area contributed by atoms with E-state index in [2.05, 4.69) is 39.2 Å². The highest BCUT2D eigenvalue weighted by Gasteiger charge is 2.21. The lowest BCUT2D eigenvalue weighted by Crippen LogP contribution is -2.39. The average Bonchev–Trinajstić information content (AvgIpc) is 2.71. The Hall–Kier alpha value is -2.12. The van der Waals surface area contributed by atoms with Crippen LogP contribution in [0.4, 0.5) is 10.2 Å². The lowest BCUT2D eigenvalue weighted by atomic mass is 10.0. The number of hydrogen-bond donors (Lipinski definition) is 1. The van der Waals surface area contributed by atoms with Crippen LogP contribution in [0.2, 0.25) is 5.28 Å². The van der Waals surface area contributed by atoms with E-state index < -0.39 is 5.82 Å². The molecule has 0 amide bonds. The van der Waals surface area contributed by atoms with Crippen LogP contribution in [0, 0.1) is 5.82 Å². The van der Waals surface area contributed by atoms with E-state index in [1.54, 1.807) is 7.11 Å². The topological polar surface area (TPSA) is 59.5 Å². The highest BCUT2D eigenvalue weighted by atomic mass is 35.5. The van der Waals surface area contributed by atoms with Gasteiger partial charge in [0, 0.05) is 25.7 Å². The summed E-state index contributed by atoms with van der Waals surface area (Å²) in [5, 5.41) is 3.19. The second-order valence-electron chi connectivity index (χ2n) is 6.86. The van der Waals surface area contributed by atoms with Crippen LogP contribution in [0.25, 0.3) is 0 Å². The second-order valence-corrected chi connectivity index (χ2v) is 7.20. The number of ether oxygens (including phenoxy) is 2. The van der Waals surface area contributed by atoms with Gasteiger partial charge in [0.15, 0.2) is 23.1 Å². The maximum Gasteiger partial charge on any atom is 0.224 e. The molecule has 8 heteroatoms. The Morgan fingerprint density at radius 3 is 2.79 bits per heavy atom. The highest BCUT2D eigenvalue weighted by Crippen LogP contribution is 2.29. The first-order valence-corrected chi connectivity index (χ1v) is 9.93. The minimum atomic E-state index is -0.482. The van der Waals surface area contributed by atoms with E-state index in [1.807, 2.05) is 6.07 Å². The number of benzene rings is 1. The Morgan fingerprint density at radius 1 is 1.29 bits per heavy atom. The van der Waals surface area contributed by atoms with Gasteiger partial charge in [0.25, 0.3) is 0 Å². The van der Waals surface area contributed by atoms with Crippen molar-refractivity contribution in [1.82, 2.24) is 14.9 Å². The molecule has 1 N–H and O–H groups in total. The molecule has 0 atom stereocenters. The predicted molar refractivity (Wildman–Crippen MR) is 108 cm³/mol. The lowest BCUT2D eigenvalue weighted by molar-refractivity contribution is 0.210. The van der Waals surface area contributed by atoms with Crippen molar-refractivity contribution < 1.29 is 13.9 Å². The normalized spacial score (nSPS) is 15.4. The first-order chi connectivity index (χ1) is 13.6. The number of aromatic nitrogens is 2. The average molecular weight is 409 g/mol. The summed E-state index contributed by atoms with van der Waals surface area (Å²) in [5.41, 5.74) is 1.19. The van der Waals surface area contributed by atoms with Crippen molar-refractivity contribution in [2.75, 3.05) is 32.1 Å². The molecule has 0 saturated carbocycles. The number of halogens is 2. The van der Waals surface area contributed by atoms with Crippen molar-refractivity contribution in [3.63, 3.8) is 0 Å². The zero-order valence-electron chi connectivity index (χ0n) is 16.3. The SMILES string of the molecule is CCCOc1cc(CN2CCC(Nc3nc(Cl)ncc3F)CC2)ccc1OC. The number of likely N-dealkylation sites (tertiary alicyclic amines) is 1. The van der Waals surface area contributed by atoms with Gasteiger partial charge in [0.1, 0.15) is 0 Å². The molecule has 1 aromatic carbocycles. The minimum absolute atomic E-state index is 0.0435. The van der Waals surface area contributed by atoms with Gasteiger partial charge in [-0.1, -0.05) is 13.0 Å². The van der Waals surface area contributed by atoms with Crippen LogP contribution >= 0.6 is 11.6 Å². The highest BCUT2D eigenvalue weighted by molar-refractivity contribution is 6.28. The van der Waals surface area contributed by atoms with Crippen molar-refractivity contribution in [2.24, 2.45) is 0 Å². The summed E-state index contributed by atoms with van der Waals surface area (Å²) in [7, 11) is 1.65. The Balaban J connectivity index is 1.54. The molecule has 1 saturated heterocycles. The van der Waals surface area contributed by atoms with Gasteiger partial charge < -0.3 is 14.8 Å². The van der Waals surface area contributed by atoms with Gasteiger partial charge >= 0.3 is 0 Å². The molecule has 2 aromatic rings. The summed E-state index contributed by atoms with van der Waals surface area (Å²) < 4.78 is 25.0. The third-order valence-electron chi connectivity index (χ3n) is 4.74. The molecule has 1 aliphatic rings. The summed E-state index contributed by atoms with van der Waals surface area (Å²) in [6.45, 7) is 5.41. The molecule has 0 bridgehead atoms. The summed E-state index contributed by atoms with van der Waals surface area (Å²) in [6, 6.07) is 6.24. The molecular weight excluding hydrogens is 383 g/mol. The monoisotopic (exact) mass is 408 g/mol. The number of nitrogens with zero attached hydrogens (tertiary/aromatic N) is 3. The van der Waals surface area contributed by atoms with Gasteiger partial charge in [-0.2, -0.15) is 4.98 Å². The first kappa shape index (κ1) is 20.6. The fourth-order valence-electron chi connectivity index (χ4n) is 3.28. The second kappa shape index (κ2) is 9.89. The molecule has 0 spiro atoms. The van der Waals surface area contributed by atoms with E-state index in [1.165, 1.54) is 5.56 Å². The maximum absolute atomic E-state index is 13.8. The molecular formula is C20H26ClFN4O2. The molecule has 1 fully saturated rings. The van der Waals surface area contributed by atoms with Crippen molar-refractivity contribution in [3.8, 4) is 11.5 Å². The molecule has 28 heavy (non-hydrogen) atoms. The number of nitrogens with one attached hydrogen (secondary N) is 1. The predicted octanol–water partition coefficient (Wildman–Crippen LogP) is 4.14. The van der Waals surface area contributed by atoms with Gasteiger partial charge in [0.05, 0.1) is 19.9 Å². The van der Waals surface area contributed by atoms with E-state index in [-0.39, 0.29) is 17.1 Å². The van der Waals surface area contributed by atoms with Crippen molar-refractivity contribution >= 4 is 17.4 Å². The Morgan fingerprint density at radius 2 is 2.07 bits per heavy atom. The number of rotatable bonds is 8. The smallest absolute Gasteiger partial charge is 0.224 e. The van der Waals surface area contributed by atoms with Gasteiger partial charge in [-0.25, -0.2) is 9.37 Å². The first-order valence-electron chi connectivity index (χ1n) is 9.55. The number of anilines is 1. The number of piperidine rings is 1. The summed E-state index contributed by atoms with van der Waals surface area (Å²) in [6.07, 6.45) is 3.84. The fourth-order valence-corrected chi connectivity index (χ4v) is 3.41. The summed E-state index contributed by atoms with van der Waals surface area (Å²) >= 11 is 5.76. The van der Waals surface area contributed by atoms with Gasteiger partial charge in [-0.05, 0) is 48.6 Å². The molecule has 1 aliphatic heterocycles. The Kier molecular flexibility index (Phi) is 7.28. The van der Waals surface area contributed by atoms with Crippen molar-refractivity contribution in [1.29, 1.82) is 0 Å². The number of methoxy groups -OCH3 is 1. The Bertz CT molecular complexity index is 785. The zero-order valence-corrected chi connectivity index (χ0v) is 17.0. The zero-order chi connectivity index (χ0) is 19.9. The third-order valence-corrected chi connectivity index (χ3v) is 4.92. The lowest BCUT2D eigenvalue weighted by Gasteiger charge is -2.32. The third kappa shape index (κ3) is 5.45. The fraction of sp³-hybridized carbons (Fsp3) is 0.500. The largest absolute Gasteiger partial charge is 0.493 e. The van der Waals surface area contributed by atoms with Gasteiger partial charge in [-0.15, -0.1) is 0 Å². The van der Waals surface area contributed by atoms with Crippen LogP contribution in [-0.4, -0.2) is 47.7 Å². The van der Waals surface area contributed by atoms with Crippen LogP contribution in [0.5, 0.6) is 11.5 Å². The van der Waals surface area contributed by atoms with E-state index >= 15 is 0 Å². The van der Waals surface area contributed by atoms with Crippen molar-refractivity contribution in [2.45, 2.75) is 38.8 Å². The molecule has 2 heterocycles. The molecule has 0 radical (unpaired) electrons. The molecule has 6 nitrogen and oxygen atoms in total. The maximum atomic E-state index is 13.8. The van der Waals surface area contributed by atoms with Crippen LogP contribution in [0.3, 0.4) is 0 Å². The molecule has 3 rings (SSSR count). The van der Waals surface area contributed by atoms with E-state index in [0.717, 1.165) is 56.6 Å². The number of hydrogen-bond acceptors (Lipinski definition) is 6.